The second kappa shape index (κ2) is 15.6. The molecule has 0 unspecified atom stereocenters. The van der Waals surface area contributed by atoms with Crippen molar-refractivity contribution in [1.82, 2.24) is 4.48 Å². The molecule has 2 aliphatic rings. The van der Waals surface area contributed by atoms with E-state index < -0.39 is 0 Å². The number of anilines is 6. The normalized spacial score (nSPS) is 13.4. The maximum absolute atomic E-state index is 7.27. The number of rotatable bonds is 5. The van der Waals surface area contributed by atoms with E-state index in [1.54, 1.807) is 0 Å². The van der Waals surface area contributed by atoms with Crippen LogP contribution in [0.2, 0.25) is 0 Å². The van der Waals surface area contributed by atoms with Gasteiger partial charge in [-0.25, -0.2) is 0 Å². The summed E-state index contributed by atoms with van der Waals surface area (Å²) in [7, 11) is 0. The van der Waals surface area contributed by atoms with Crippen LogP contribution in [0, 0.1) is 0 Å². The van der Waals surface area contributed by atoms with Crippen LogP contribution in [0.3, 0.4) is 0 Å². The van der Waals surface area contributed by atoms with Crippen molar-refractivity contribution in [2.24, 2.45) is 0 Å². The van der Waals surface area contributed by atoms with Crippen LogP contribution < -0.4 is 20.7 Å². The molecule has 6 heteroatoms. The summed E-state index contributed by atoms with van der Waals surface area (Å²) in [5, 5.41) is 4.41. The third kappa shape index (κ3) is 6.56. The largest absolute Gasteiger partial charge is 0.454 e. The smallest absolute Gasteiger partial charge is 0.333 e. The van der Waals surface area contributed by atoms with Crippen LogP contribution in [-0.2, 0) is 16.2 Å². The molecule has 0 N–H and O–H groups in total. The van der Waals surface area contributed by atoms with Crippen molar-refractivity contribution >= 4 is 107 Å². The maximum Gasteiger partial charge on any atom is 0.333 e. The van der Waals surface area contributed by atoms with E-state index in [4.69, 9.17) is 8.83 Å². The summed E-state index contributed by atoms with van der Waals surface area (Å²) in [6.07, 6.45) is 0. The van der Waals surface area contributed by atoms with Crippen LogP contribution in [-0.4, -0.2) is 11.3 Å². The third-order valence-corrected chi connectivity index (χ3v) is 16.0. The number of benzene rings is 9. The highest BCUT2D eigenvalue weighted by atomic mass is 16.3. The second-order valence-corrected chi connectivity index (χ2v) is 23.8. The molecule has 0 atom stereocenters. The van der Waals surface area contributed by atoms with E-state index in [2.05, 4.69) is 265 Å². The van der Waals surface area contributed by atoms with Gasteiger partial charge in [0.05, 0.1) is 16.9 Å². The van der Waals surface area contributed by atoms with Gasteiger partial charge in [0, 0.05) is 60.9 Å². The fraction of sp³-hybridized carbons (Fsp3) is 0.176. The molecule has 5 heterocycles. The van der Waals surface area contributed by atoms with Crippen molar-refractivity contribution in [2.45, 2.75) is 78.6 Å². The summed E-state index contributed by atoms with van der Waals surface area (Å²) < 4.78 is 16.8. The molecule has 3 aromatic heterocycles. The zero-order valence-corrected chi connectivity index (χ0v) is 43.6. The molecule has 0 spiro atoms. The van der Waals surface area contributed by atoms with Crippen LogP contribution in [0.4, 0.5) is 34.1 Å². The van der Waals surface area contributed by atoms with Gasteiger partial charge < -0.3 is 23.1 Å². The van der Waals surface area contributed by atoms with Gasteiger partial charge in [0.1, 0.15) is 11.2 Å². The summed E-state index contributed by atoms with van der Waals surface area (Å²) in [5.41, 5.74) is 23.3. The van der Waals surface area contributed by atoms with Crippen molar-refractivity contribution in [3.8, 4) is 22.3 Å². The Bertz CT molecular complexity index is 4190. The molecule has 0 saturated carbocycles. The Morgan fingerprint density at radius 3 is 1.62 bits per heavy atom. The highest BCUT2D eigenvalue weighted by molar-refractivity contribution is 6.90. The second-order valence-electron chi connectivity index (χ2n) is 23.8. The predicted octanol–water partition coefficient (Wildman–Crippen LogP) is 17.9. The Hall–Kier alpha value is -8.22. The highest BCUT2D eigenvalue weighted by Crippen LogP contribution is 2.53. The molecule has 0 amide bonds. The Morgan fingerprint density at radius 2 is 0.959 bits per heavy atom. The minimum Gasteiger partial charge on any atom is -0.454 e. The number of para-hydroxylation sites is 3. The van der Waals surface area contributed by atoms with Crippen molar-refractivity contribution in [3.63, 3.8) is 0 Å². The lowest BCUT2D eigenvalue weighted by molar-refractivity contribution is 0.590. The summed E-state index contributed by atoms with van der Waals surface area (Å²) >= 11 is 0. The standard InChI is InChI=1S/C68H58BN3O2/c1-66(2,3)42-26-31-45(32-27-42)70(46-33-28-43(29-34-46)67(4,5)6)47-35-37-57-55(39-47)69-60-53(49-22-17-23-51-61(49)72(69)62-50-21-14-16-25-59(50)74-64(51)62)40-54-48-20-13-15-24-58(48)73-65(54)63(60)71(57)56-36-30-44(68(7,8)9)38-52(56)41-18-11-10-12-19-41/h10-40H,1-9H3. The average molecular weight is 960 g/mol. The number of fused-ring (bicyclic) bond motifs is 13. The van der Waals surface area contributed by atoms with Crippen LogP contribution in [0.1, 0.15) is 79.0 Å². The molecule has 0 fully saturated rings. The first-order chi connectivity index (χ1) is 35.6. The summed E-state index contributed by atoms with van der Waals surface area (Å²) in [6, 6.07) is 69.9. The van der Waals surface area contributed by atoms with Crippen LogP contribution in [0.25, 0.3) is 77.2 Å². The van der Waals surface area contributed by atoms with E-state index in [9.17, 15) is 0 Å². The van der Waals surface area contributed by atoms with Gasteiger partial charge in [0.15, 0.2) is 11.2 Å². The van der Waals surface area contributed by atoms with Crippen molar-refractivity contribution in [3.05, 3.63) is 205 Å². The first-order valence-corrected chi connectivity index (χ1v) is 26.2. The Morgan fingerprint density at radius 1 is 0.405 bits per heavy atom. The van der Waals surface area contributed by atoms with Crippen molar-refractivity contribution < 1.29 is 8.83 Å². The molecular formula is C68H58BN3O2. The number of hydrogen-bond donors (Lipinski definition) is 0. The van der Waals surface area contributed by atoms with E-state index in [0.717, 1.165) is 94.6 Å². The van der Waals surface area contributed by atoms with Gasteiger partial charge in [-0.1, -0.05) is 165 Å². The van der Waals surface area contributed by atoms with Crippen LogP contribution in [0.15, 0.2) is 197 Å². The van der Waals surface area contributed by atoms with Gasteiger partial charge in [0.2, 0.25) is 0 Å². The minimum atomic E-state index is -0.276. The number of hydrogen-bond acceptors (Lipinski definition) is 4. The molecule has 12 aromatic rings. The molecule has 2 aliphatic heterocycles. The van der Waals surface area contributed by atoms with E-state index in [-0.39, 0.29) is 23.1 Å². The fourth-order valence-corrected chi connectivity index (χ4v) is 12.2. The van der Waals surface area contributed by atoms with E-state index in [1.807, 2.05) is 0 Å². The van der Waals surface area contributed by atoms with Gasteiger partial charge in [0.25, 0.3) is 0 Å². The van der Waals surface area contributed by atoms with Gasteiger partial charge in [-0.15, -0.1) is 0 Å². The lowest BCUT2D eigenvalue weighted by atomic mass is 9.45. The summed E-state index contributed by atoms with van der Waals surface area (Å²) in [5.74, 6) is 0. The predicted molar refractivity (Wildman–Crippen MR) is 313 cm³/mol. The molecule has 0 saturated heterocycles. The molecule has 5 nitrogen and oxygen atoms in total. The van der Waals surface area contributed by atoms with Gasteiger partial charge in [-0.05, 0) is 140 Å². The Kier molecular flexibility index (Phi) is 9.41. The zero-order chi connectivity index (χ0) is 50.6. The maximum atomic E-state index is 7.27. The zero-order valence-electron chi connectivity index (χ0n) is 43.6. The van der Waals surface area contributed by atoms with Crippen LogP contribution >= 0.6 is 0 Å². The topological polar surface area (TPSA) is 37.7 Å². The van der Waals surface area contributed by atoms with E-state index in [1.165, 1.54) is 44.3 Å². The number of nitrogens with zero attached hydrogens (tertiary/aromatic N) is 3. The Labute approximate surface area is 433 Å². The average Bonchev–Trinajstić information content (AvgIpc) is 4.11. The fourth-order valence-electron chi connectivity index (χ4n) is 12.2. The number of furan rings is 2. The SMILES string of the molecule is CC(C)(C)c1ccc(N(c2ccc(C(C)(C)C)cc2)c2ccc3c(c2)B2c4c(cc5c(oc6ccccc65)c4N3c3ccc(C(C)(C)C)cc3-c3ccccc3)-c3cccc4c5oc6ccccc6c5n2c34)cc1. The molecule has 0 radical (unpaired) electrons. The monoisotopic (exact) mass is 959 g/mol. The van der Waals surface area contributed by atoms with E-state index in [0.29, 0.717) is 0 Å². The first kappa shape index (κ1) is 44.5. The Balaban J connectivity index is 1.13. The third-order valence-electron chi connectivity index (χ3n) is 16.0. The molecular weight excluding hydrogens is 902 g/mol. The van der Waals surface area contributed by atoms with Gasteiger partial charge in [-0.3, -0.25) is 0 Å². The quantitative estimate of drug-likeness (QED) is 0.161. The van der Waals surface area contributed by atoms with Gasteiger partial charge in [-0.2, -0.15) is 0 Å². The molecule has 14 rings (SSSR count). The summed E-state index contributed by atoms with van der Waals surface area (Å²) in [6.45, 7) is 20.3. The molecule has 0 aliphatic carbocycles. The van der Waals surface area contributed by atoms with Crippen LogP contribution in [0.5, 0.6) is 0 Å². The lowest BCUT2D eigenvalue weighted by Crippen LogP contribution is -2.56. The highest BCUT2D eigenvalue weighted by Gasteiger charge is 2.46. The van der Waals surface area contributed by atoms with Gasteiger partial charge >= 0.3 is 6.85 Å². The molecule has 360 valence electrons. The molecule has 0 bridgehead atoms. The first-order valence-electron chi connectivity index (χ1n) is 26.2. The molecule has 9 aromatic carbocycles. The van der Waals surface area contributed by atoms with E-state index >= 15 is 0 Å². The van der Waals surface area contributed by atoms with Crippen molar-refractivity contribution in [2.75, 3.05) is 9.80 Å². The number of aromatic nitrogens is 1. The molecule has 74 heavy (non-hydrogen) atoms. The summed E-state index contributed by atoms with van der Waals surface area (Å²) in [4.78, 5) is 4.99. The van der Waals surface area contributed by atoms with Crippen molar-refractivity contribution in [1.29, 1.82) is 0 Å². The minimum absolute atomic E-state index is 0.00893. The lowest BCUT2D eigenvalue weighted by Gasteiger charge is -2.41.